The van der Waals surface area contributed by atoms with Crippen molar-refractivity contribution in [2.45, 2.75) is 20.8 Å². The molecule has 6 heteroatoms. The maximum Gasteiger partial charge on any atom is 0.282 e. The molecule has 2 amide bonds. The first kappa shape index (κ1) is 20.5. The third-order valence-electron chi connectivity index (χ3n) is 5.32. The molecule has 4 nitrogen and oxygen atoms in total. The lowest BCUT2D eigenvalue weighted by Crippen LogP contribution is -2.33. The molecule has 1 heterocycles. The summed E-state index contributed by atoms with van der Waals surface area (Å²) in [7, 11) is 0. The van der Waals surface area contributed by atoms with Crippen LogP contribution in [0.2, 0.25) is 0 Å². The number of benzene rings is 3. The van der Waals surface area contributed by atoms with Crippen LogP contribution in [0.3, 0.4) is 0 Å². The number of rotatable bonds is 4. The van der Waals surface area contributed by atoms with Gasteiger partial charge in [0.1, 0.15) is 17.3 Å². The molecule has 0 atom stereocenters. The van der Waals surface area contributed by atoms with Crippen molar-refractivity contribution < 1.29 is 18.4 Å². The summed E-state index contributed by atoms with van der Waals surface area (Å²) in [5.41, 5.74) is 3.77. The van der Waals surface area contributed by atoms with Gasteiger partial charge in [-0.1, -0.05) is 30.3 Å². The summed E-state index contributed by atoms with van der Waals surface area (Å²) in [4.78, 5) is 27.3. The van der Waals surface area contributed by atoms with Crippen LogP contribution < -0.4 is 10.2 Å². The number of hydrogen-bond donors (Lipinski definition) is 1. The van der Waals surface area contributed by atoms with Crippen LogP contribution in [0.25, 0.3) is 5.57 Å². The fraction of sp³-hybridized carbons (Fsp3) is 0.120. The Morgan fingerprint density at radius 1 is 0.806 bits per heavy atom. The molecule has 156 valence electrons. The molecule has 0 spiro atoms. The van der Waals surface area contributed by atoms with E-state index in [0.29, 0.717) is 16.2 Å². The minimum Gasteiger partial charge on any atom is -0.350 e. The predicted molar refractivity (Wildman–Crippen MR) is 116 cm³/mol. The van der Waals surface area contributed by atoms with E-state index in [1.54, 1.807) is 18.2 Å². The Morgan fingerprint density at radius 3 is 2.29 bits per heavy atom. The molecule has 0 radical (unpaired) electrons. The molecular formula is C25H20F2N2O2. The van der Waals surface area contributed by atoms with E-state index in [1.807, 2.05) is 45.0 Å². The lowest BCUT2D eigenvalue weighted by molar-refractivity contribution is -0.120. The number of aryl methyl sites for hydroxylation is 3. The molecule has 0 fully saturated rings. The maximum absolute atomic E-state index is 14.5. The van der Waals surface area contributed by atoms with Gasteiger partial charge in [0.2, 0.25) is 0 Å². The molecule has 4 rings (SSSR count). The number of halogens is 2. The molecule has 0 aromatic heterocycles. The van der Waals surface area contributed by atoms with Gasteiger partial charge in [0.15, 0.2) is 0 Å². The molecule has 1 N–H and O–H groups in total. The second kappa shape index (κ2) is 7.80. The van der Waals surface area contributed by atoms with Crippen LogP contribution >= 0.6 is 0 Å². The second-order valence-electron chi connectivity index (χ2n) is 7.58. The Kier molecular flexibility index (Phi) is 5.15. The van der Waals surface area contributed by atoms with Gasteiger partial charge >= 0.3 is 0 Å². The van der Waals surface area contributed by atoms with Crippen molar-refractivity contribution in [1.29, 1.82) is 0 Å². The van der Waals surface area contributed by atoms with E-state index < -0.39 is 29.1 Å². The van der Waals surface area contributed by atoms with E-state index in [-0.39, 0.29) is 11.3 Å². The molecular weight excluding hydrogens is 398 g/mol. The van der Waals surface area contributed by atoms with Crippen molar-refractivity contribution in [2.75, 3.05) is 10.2 Å². The summed E-state index contributed by atoms with van der Waals surface area (Å²) in [5.74, 6) is -3.07. The van der Waals surface area contributed by atoms with E-state index >= 15 is 0 Å². The van der Waals surface area contributed by atoms with E-state index in [0.717, 1.165) is 34.9 Å². The number of carbonyl (C=O) groups excluding carboxylic acids is 2. The molecule has 31 heavy (non-hydrogen) atoms. The Bertz CT molecular complexity index is 1260. The first-order valence-corrected chi connectivity index (χ1v) is 9.75. The summed E-state index contributed by atoms with van der Waals surface area (Å²) in [6.07, 6.45) is 0. The number of nitrogens with zero attached hydrogens (tertiary/aromatic N) is 1. The van der Waals surface area contributed by atoms with Crippen LogP contribution in [0.15, 0.2) is 66.4 Å². The van der Waals surface area contributed by atoms with Crippen molar-refractivity contribution in [1.82, 2.24) is 0 Å². The number of imide groups is 1. The van der Waals surface area contributed by atoms with Crippen LogP contribution in [-0.2, 0) is 9.59 Å². The molecule has 0 unspecified atom stereocenters. The standard InChI is InChI=1S/C25H20F2N2O2/c1-14-5-4-6-19(11-14)28-23-22(17-8-7-15(2)16(3)12-17)24(30)29(25(23)31)21-13-18(26)9-10-20(21)27/h4-13,28H,1-3H3. The van der Waals surface area contributed by atoms with Crippen LogP contribution in [-0.4, -0.2) is 11.8 Å². The average molecular weight is 418 g/mol. The molecule has 1 aliphatic heterocycles. The molecule has 3 aromatic carbocycles. The molecule has 0 saturated carbocycles. The van der Waals surface area contributed by atoms with Crippen molar-refractivity contribution in [2.24, 2.45) is 0 Å². The Hall–Kier alpha value is -3.80. The van der Waals surface area contributed by atoms with E-state index in [2.05, 4.69) is 5.32 Å². The Balaban J connectivity index is 1.88. The van der Waals surface area contributed by atoms with Crippen LogP contribution in [0.1, 0.15) is 22.3 Å². The predicted octanol–water partition coefficient (Wildman–Crippen LogP) is 5.29. The van der Waals surface area contributed by atoms with Gasteiger partial charge in [0.05, 0.1) is 11.3 Å². The lowest BCUT2D eigenvalue weighted by atomic mass is 9.99. The third-order valence-corrected chi connectivity index (χ3v) is 5.32. The fourth-order valence-electron chi connectivity index (χ4n) is 3.55. The van der Waals surface area contributed by atoms with Gasteiger partial charge in [0, 0.05) is 11.8 Å². The summed E-state index contributed by atoms with van der Waals surface area (Å²) in [6.45, 7) is 5.74. The normalized spacial score (nSPS) is 13.9. The smallest absolute Gasteiger partial charge is 0.282 e. The van der Waals surface area contributed by atoms with Crippen molar-refractivity contribution in [3.8, 4) is 0 Å². The van der Waals surface area contributed by atoms with Gasteiger partial charge in [-0.2, -0.15) is 0 Å². The second-order valence-corrected chi connectivity index (χ2v) is 7.58. The third kappa shape index (κ3) is 3.72. The topological polar surface area (TPSA) is 49.4 Å². The lowest BCUT2D eigenvalue weighted by Gasteiger charge is -2.16. The number of amides is 2. The highest BCUT2D eigenvalue weighted by atomic mass is 19.1. The number of anilines is 2. The first-order chi connectivity index (χ1) is 14.8. The highest BCUT2D eigenvalue weighted by Gasteiger charge is 2.41. The van der Waals surface area contributed by atoms with Gasteiger partial charge < -0.3 is 5.32 Å². The summed E-state index contributed by atoms with van der Waals surface area (Å²) in [5, 5.41) is 3.03. The summed E-state index contributed by atoms with van der Waals surface area (Å²) in [6, 6.07) is 15.4. The first-order valence-electron chi connectivity index (χ1n) is 9.75. The van der Waals surface area contributed by atoms with Crippen molar-refractivity contribution in [3.05, 3.63) is 100 Å². The van der Waals surface area contributed by atoms with E-state index in [9.17, 15) is 18.4 Å². The highest BCUT2D eigenvalue weighted by Crippen LogP contribution is 2.35. The minimum atomic E-state index is -0.862. The SMILES string of the molecule is Cc1cccc(NC2=C(c3ccc(C)c(C)c3)C(=O)N(c3cc(F)ccc3F)C2=O)c1. The average Bonchev–Trinajstić information content (AvgIpc) is 2.96. The summed E-state index contributed by atoms with van der Waals surface area (Å²) >= 11 is 0. The largest absolute Gasteiger partial charge is 0.350 e. The van der Waals surface area contributed by atoms with Gasteiger partial charge in [-0.15, -0.1) is 0 Å². The van der Waals surface area contributed by atoms with Crippen LogP contribution in [0, 0.1) is 32.4 Å². The zero-order valence-electron chi connectivity index (χ0n) is 17.3. The Morgan fingerprint density at radius 2 is 1.58 bits per heavy atom. The van der Waals surface area contributed by atoms with Crippen molar-refractivity contribution >= 4 is 28.8 Å². The van der Waals surface area contributed by atoms with Gasteiger partial charge in [-0.05, 0) is 67.3 Å². The Labute approximate surface area is 178 Å². The fourth-order valence-corrected chi connectivity index (χ4v) is 3.55. The van der Waals surface area contributed by atoms with E-state index in [1.165, 1.54) is 0 Å². The van der Waals surface area contributed by atoms with Crippen molar-refractivity contribution in [3.63, 3.8) is 0 Å². The molecule has 1 aliphatic rings. The van der Waals surface area contributed by atoms with E-state index in [4.69, 9.17) is 0 Å². The zero-order valence-corrected chi connectivity index (χ0v) is 17.3. The van der Waals surface area contributed by atoms with Gasteiger partial charge in [-0.3, -0.25) is 9.59 Å². The number of carbonyl (C=O) groups is 2. The zero-order chi connectivity index (χ0) is 22.3. The number of hydrogen-bond acceptors (Lipinski definition) is 3. The maximum atomic E-state index is 14.5. The number of nitrogens with one attached hydrogen (secondary N) is 1. The minimum absolute atomic E-state index is 0.0162. The molecule has 0 bridgehead atoms. The monoisotopic (exact) mass is 418 g/mol. The van der Waals surface area contributed by atoms with Gasteiger partial charge in [-0.25, -0.2) is 13.7 Å². The van der Waals surface area contributed by atoms with Crippen LogP contribution in [0.4, 0.5) is 20.2 Å². The summed E-state index contributed by atoms with van der Waals surface area (Å²) < 4.78 is 28.3. The van der Waals surface area contributed by atoms with Gasteiger partial charge in [0.25, 0.3) is 11.8 Å². The molecule has 0 saturated heterocycles. The highest BCUT2D eigenvalue weighted by molar-refractivity contribution is 6.46. The molecule has 0 aliphatic carbocycles. The van der Waals surface area contributed by atoms with Crippen LogP contribution in [0.5, 0.6) is 0 Å². The quantitative estimate of drug-likeness (QED) is 0.586. The molecule has 3 aromatic rings.